The van der Waals surface area contributed by atoms with Gasteiger partial charge in [-0.1, -0.05) is 0 Å². The average molecular weight is 270 g/mol. The molecule has 0 saturated heterocycles. The molecule has 1 aromatic rings. The number of amides is 1. The van der Waals surface area contributed by atoms with E-state index in [9.17, 15) is 4.79 Å². The molecule has 1 amide bonds. The number of hydrogen-bond donors (Lipinski definition) is 3. The van der Waals surface area contributed by atoms with Gasteiger partial charge < -0.3 is 15.5 Å². The quantitative estimate of drug-likeness (QED) is 0.603. The first-order chi connectivity index (χ1) is 9.08. The number of aliphatic hydroxyl groups excluding tert-OH is 2. The van der Waals surface area contributed by atoms with Gasteiger partial charge in [-0.25, -0.2) is 4.68 Å². The normalized spacial score (nSPS) is 11.3. The Labute approximate surface area is 112 Å². The molecular formula is C12H22N4O3. The van der Waals surface area contributed by atoms with Gasteiger partial charge in [-0.2, -0.15) is 5.10 Å². The third-order valence-electron chi connectivity index (χ3n) is 2.63. The maximum Gasteiger partial charge on any atom is 0.239 e. The highest BCUT2D eigenvalue weighted by Gasteiger charge is 2.13. The summed E-state index contributed by atoms with van der Waals surface area (Å²) in [4.78, 5) is 13.6. The lowest BCUT2D eigenvalue weighted by molar-refractivity contribution is -0.117. The highest BCUT2D eigenvalue weighted by molar-refractivity contribution is 5.91. The number of carbonyl (C=O) groups is 1. The molecule has 1 heterocycles. The third kappa shape index (κ3) is 4.98. The first-order valence-corrected chi connectivity index (χ1v) is 6.36. The molecule has 0 radical (unpaired) electrons. The largest absolute Gasteiger partial charge is 0.395 e. The molecule has 1 aromatic heterocycles. The number of nitrogens with zero attached hydrogens (tertiary/aromatic N) is 3. The smallest absolute Gasteiger partial charge is 0.239 e. The van der Waals surface area contributed by atoms with Crippen LogP contribution in [-0.2, 0) is 4.79 Å². The molecular weight excluding hydrogens is 248 g/mol. The van der Waals surface area contributed by atoms with Crippen LogP contribution in [-0.4, -0.2) is 63.6 Å². The van der Waals surface area contributed by atoms with Crippen LogP contribution in [0.25, 0.3) is 0 Å². The average Bonchev–Trinajstić information content (AvgIpc) is 2.77. The number of rotatable bonds is 8. The van der Waals surface area contributed by atoms with E-state index in [-0.39, 0.29) is 31.7 Å². The molecule has 0 aromatic carbocycles. The Morgan fingerprint density at radius 1 is 1.42 bits per heavy atom. The van der Waals surface area contributed by atoms with E-state index in [4.69, 9.17) is 10.2 Å². The van der Waals surface area contributed by atoms with E-state index in [0.717, 1.165) is 0 Å². The zero-order valence-corrected chi connectivity index (χ0v) is 11.4. The minimum absolute atomic E-state index is 0.0444. The first-order valence-electron chi connectivity index (χ1n) is 6.36. The highest BCUT2D eigenvalue weighted by atomic mass is 16.3. The second kappa shape index (κ2) is 7.88. The number of anilines is 1. The monoisotopic (exact) mass is 270 g/mol. The summed E-state index contributed by atoms with van der Waals surface area (Å²) in [5, 5.41) is 24.7. The Bertz CT molecular complexity index is 386. The van der Waals surface area contributed by atoms with Crippen molar-refractivity contribution in [3.63, 3.8) is 0 Å². The lowest BCUT2D eigenvalue weighted by Gasteiger charge is -2.19. The minimum atomic E-state index is -0.190. The molecule has 0 spiro atoms. The summed E-state index contributed by atoms with van der Waals surface area (Å²) in [6.07, 6.45) is 1.63. The van der Waals surface area contributed by atoms with Gasteiger partial charge in [0.1, 0.15) is 5.82 Å². The number of hydrogen-bond acceptors (Lipinski definition) is 5. The number of aromatic nitrogens is 2. The van der Waals surface area contributed by atoms with E-state index in [1.807, 2.05) is 13.8 Å². The van der Waals surface area contributed by atoms with E-state index in [0.29, 0.717) is 18.9 Å². The Balaban J connectivity index is 2.56. The van der Waals surface area contributed by atoms with E-state index >= 15 is 0 Å². The molecule has 0 aliphatic rings. The van der Waals surface area contributed by atoms with Crippen molar-refractivity contribution in [2.75, 3.05) is 38.2 Å². The van der Waals surface area contributed by atoms with Gasteiger partial charge in [0.05, 0.1) is 26.0 Å². The van der Waals surface area contributed by atoms with Gasteiger partial charge in [-0.05, 0) is 13.8 Å². The Hall–Kier alpha value is -1.44. The minimum Gasteiger partial charge on any atom is -0.395 e. The second-order valence-corrected chi connectivity index (χ2v) is 4.53. The lowest BCUT2D eigenvalue weighted by atomic mass is 10.4. The molecule has 1 rings (SSSR count). The van der Waals surface area contributed by atoms with Crippen LogP contribution in [0.15, 0.2) is 12.3 Å². The predicted octanol–water partition coefficient (Wildman–Crippen LogP) is -0.311. The lowest BCUT2D eigenvalue weighted by Crippen LogP contribution is -2.37. The molecule has 19 heavy (non-hydrogen) atoms. The summed E-state index contributed by atoms with van der Waals surface area (Å²) in [5.41, 5.74) is 0. The Morgan fingerprint density at radius 3 is 2.58 bits per heavy atom. The van der Waals surface area contributed by atoms with Gasteiger partial charge in [0.15, 0.2) is 0 Å². The zero-order valence-electron chi connectivity index (χ0n) is 11.4. The maximum atomic E-state index is 11.9. The second-order valence-electron chi connectivity index (χ2n) is 4.53. The van der Waals surface area contributed by atoms with Crippen LogP contribution in [0.4, 0.5) is 5.82 Å². The van der Waals surface area contributed by atoms with Crippen molar-refractivity contribution in [3.8, 4) is 0 Å². The molecule has 0 aliphatic carbocycles. The van der Waals surface area contributed by atoms with E-state index in [1.165, 1.54) is 0 Å². The van der Waals surface area contributed by atoms with Gasteiger partial charge in [-0.3, -0.25) is 9.69 Å². The summed E-state index contributed by atoms with van der Waals surface area (Å²) in [6.45, 7) is 4.71. The van der Waals surface area contributed by atoms with E-state index < -0.39 is 0 Å². The van der Waals surface area contributed by atoms with Crippen molar-refractivity contribution < 1.29 is 15.0 Å². The molecule has 0 bridgehead atoms. The van der Waals surface area contributed by atoms with Gasteiger partial charge in [-0.15, -0.1) is 0 Å². The molecule has 0 atom stereocenters. The molecule has 0 aliphatic heterocycles. The highest BCUT2D eigenvalue weighted by Crippen LogP contribution is 2.12. The van der Waals surface area contributed by atoms with Crippen molar-refractivity contribution in [2.24, 2.45) is 0 Å². The SMILES string of the molecule is CC(C)n1nccc1NC(=O)CN(CCO)CCO. The van der Waals surface area contributed by atoms with Crippen LogP contribution in [0, 0.1) is 0 Å². The maximum absolute atomic E-state index is 11.9. The molecule has 0 unspecified atom stereocenters. The van der Waals surface area contributed by atoms with Crippen molar-refractivity contribution in [1.29, 1.82) is 0 Å². The van der Waals surface area contributed by atoms with Crippen LogP contribution in [0.5, 0.6) is 0 Å². The summed E-state index contributed by atoms with van der Waals surface area (Å²) in [5.74, 6) is 0.456. The van der Waals surface area contributed by atoms with Crippen LogP contribution in [0.3, 0.4) is 0 Å². The van der Waals surface area contributed by atoms with Gasteiger partial charge >= 0.3 is 0 Å². The summed E-state index contributed by atoms with van der Waals surface area (Å²) < 4.78 is 1.72. The van der Waals surface area contributed by atoms with Crippen LogP contribution in [0.2, 0.25) is 0 Å². The van der Waals surface area contributed by atoms with E-state index in [2.05, 4.69) is 10.4 Å². The predicted molar refractivity (Wildman–Crippen MR) is 71.9 cm³/mol. The summed E-state index contributed by atoms with van der Waals surface area (Å²) in [6, 6.07) is 1.90. The topological polar surface area (TPSA) is 90.6 Å². The van der Waals surface area contributed by atoms with Crippen LogP contribution < -0.4 is 5.32 Å². The van der Waals surface area contributed by atoms with Crippen molar-refractivity contribution >= 4 is 11.7 Å². The Kier molecular flexibility index (Phi) is 6.48. The first kappa shape index (κ1) is 15.6. The molecule has 7 nitrogen and oxygen atoms in total. The standard InChI is InChI=1S/C12H22N4O3/c1-10(2)16-11(3-4-13-16)14-12(19)9-15(5-7-17)6-8-18/h3-4,10,17-18H,5-9H2,1-2H3,(H,14,19). The zero-order chi connectivity index (χ0) is 14.3. The fourth-order valence-electron chi connectivity index (χ4n) is 1.76. The van der Waals surface area contributed by atoms with Gasteiger partial charge in [0, 0.05) is 25.2 Å². The fourth-order valence-corrected chi connectivity index (χ4v) is 1.76. The number of aliphatic hydroxyl groups is 2. The molecule has 0 saturated carbocycles. The molecule has 7 heteroatoms. The van der Waals surface area contributed by atoms with Gasteiger partial charge in [0.25, 0.3) is 0 Å². The van der Waals surface area contributed by atoms with Crippen LogP contribution in [0.1, 0.15) is 19.9 Å². The number of carbonyl (C=O) groups excluding carboxylic acids is 1. The van der Waals surface area contributed by atoms with Gasteiger partial charge in [0.2, 0.25) is 5.91 Å². The Morgan fingerprint density at radius 2 is 2.05 bits per heavy atom. The third-order valence-corrected chi connectivity index (χ3v) is 2.63. The fraction of sp³-hybridized carbons (Fsp3) is 0.667. The van der Waals surface area contributed by atoms with Crippen molar-refractivity contribution in [3.05, 3.63) is 12.3 Å². The summed E-state index contributed by atoms with van der Waals surface area (Å²) >= 11 is 0. The van der Waals surface area contributed by atoms with Crippen LogP contribution >= 0.6 is 0 Å². The van der Waals surface area contributed by atoms with Crippen molar-refractivity contribution in [2.45, 2.75) is 19.9 Å². The van der Waals surface area contributed by atoms with E-state index in [1.54, 1.807) is 21.8 Å². The van der Waals surface area contributed by atoms with Crippen molar-refractivity contribution in [1.82, 2.24) is 14.7 Å². The number of nitrogens with one attached hydrogen (secondary N) is 1. The summed E-state index contributed by atoms with van der Waals surface area (Å²) in [7, 11) is 0. The molecule has 3 N–H and O–H groups in total. The molecule has 0 fully saturated rings. The molecule has 108 valence electrons.